The van der Waals surface area contributed by atoms with Crippen molar-refractivity contribution in [3.8, 4) is 0 Å². The molecule has 33 heavy (non-hydrogen) atoms. The maximum absolute atomic E-state index is 12.9. The van der Waals surface area contributed by atoms with Crippen LogP contribution in [0, 0.1) is 6.92 Å². The van der Waals surface area contributed by atoms with Gasteiger partial charge in [0.1, 0.15) is 4.21 Å². The summed E-state index contributed by atoms with van der Waals surface area (Å²) in [6.45, 7) is 4.31. The van der Waals surface area contributed by atoms with Crippen molar-refractivity contribution in [3.63, 3.8) is 0 Å². The normalized spacial score (nSPS) is 11.1. The van der Waals surface area contributed by atoms with Crippen molar-refractivity contribution in [2.75, 3.05) is 23.1 Å². The molecule has 0 aliphatic rings. The minimum Gasteiger partial charge on any atom is -0.333 e. The zero-order valence-corrected chi connectivity index (χ0v) is 20.2. The number of benzene rings is 2. The summed E-state index contributed by atoms with van der Waals surface area (Å²) in [5, 5.41) is 4.56. The molecule has 0 saturated heterocycles. The molecule has 0 fully saturated rings. The van der Waals surface area contributed by atoms with Gasteiger partial charge in [-0.2, -0.15) is 0 Å². The Morgan fingerprint density at radius 2 is 1.73 bits per heavy atom. The lowest BCUT2D eigenvalue weighted by Crippen LogP contribution is -2.39. The van der Waals surface area contributed by atoms with Crippen molar-refractivity contribution in [3.05, 3.63) is 77.2 Å². The summed E-state index contributed by atoms with van der Waals surface area (Å²) in [5.74, 6) is -0.409. The first kappa shape index (κ1) is 24.5. The van der Waals surface area contributed by atoms with E-state index in [1.165, 1.54) is 6.07 Å². The van der Waals surface area contributed by atoms with E-state index in [0.717, 1.165) is 34.6 Å². The third-order valence-corrected chi connectivity index (χ3v) is 7.70. The SMILES string of the molecule is CCCN(CC(=O)Nc1ccccc1C)C(=O)Cc1ccc(NS(=O)(=O)c2cccs2)cc1. The molecule has 9 heteroatoms. The number of nitrogens with one attached hydrogen (secondary N) is 2. The number of aryl methyl sites for hydroxylation is 1. The number of carbonyl (C=O) groups excluding carboxylic acids is 2. The first-order chi connectivity index (χ1) is 15.8. The van der Waals surface area contributed by atoms with E-state index in [4.69, 9.17) is 0 Å². The lowest BCUT2D eigenvalue weighted by atomic mass is 10.1. The van der Waals surface area contributed by atoms with Crippen LogP contribution in [0.4, 0.5) is 11.4 Å². The topological polar surface area (TPSA) is 95.6 Å². The lowest BCUT2D eigenvalue weighted by molar-refractivity contribution is -0.134. The molecule has 0 saturated carbocycles. The number of hydrogen-bond donors (Lipinski definition) is 2. The first-order valence-corrected chi connectivity index (χ1v) is 12.9. The monoisotopic (exact) mass is 485 g/mol. The van der Waals surface area contributed by atoms with Crippen molar-refractivity contribution in [2.45, 2.75) is 30.9 Å². The second-order valence-corrected chi connectivity index (χ2v) is 10.4. The summed E-state index contributed by atoms with van der Waals surface area (Å²) in [6.07, 6.45) is 0.850. The van der Waals surface area contributed by atoms with Gasteiger partial charge in [0.15, 0.2) is 0 Å². The smallest absolute Gasteiger partial charge is 0.271 e. The van der Waals surface area contributed by atoms with Gasteiger partial charge in [-0.15, -0.1) is 11.3 Å². The summed E-state index contributed by atoms with van der Waals surface area (Å²) in [6, 6.07) is 17.4. The molecule has 0 radical (unpaired) electrons. The summed E-state index contributed by atoms with van der Waals surface area (Å²) in [4.78, 5) is 26.9. The second kappa shape index (κ2) is 11.1. The van der Waals surface area contributed by atoms with Crippen LogP contribution in [0.15, 0.2) is 70.3 Å². The molecule has 0 bridgehead atoms. The van der Waals surface area contributed by atoms with Gasteiger partial charge in [0, 0.05) is 17.9 Å². The van der Waals surface area contributed by atoms with Crippen LogP contribution in [0.5, 0.6) is 0 Å². The molecule has 0 aliphatic carbocycles. The molecule has 0 spiro atoms. The Kier molecular flexibility index (Phi) is 8.24. The molecule has 174 valence electrons. The standard InChI is InChI=1S/C24H27N3O4S2/c1-3-14-27(17-22(28)25-21-8-5-4-7-18(21)2)23(29)16-19-10-12-20(13-11-19)26-33(30,31)24-9-6-15-32-24/h4-13,15,26H,3,14,16-17H2,1-2H3,(H,25,28). The number of hydrogen-bond acceptors (Lipinski definition) is 5. The average Bonchev–Trinajstić information content (AvgIpc) is 3.32. The molecule has 1 aromatic heterocycles. The average molecular weight is 486 g/mol. The number of nitrogens with zero attached hydrogens (tertiary/aromatic N) is 1. The Labute approximate surface area is 198 Å². The van der Waals surface area contributed by atoms with Gasteiger partial charge >= 0.3 is 0 Å². The predicted molar refractivity (Wildman–Crippen MR) is 132 cm³/mol. The maximum atomic E-state index is 12.9. The Morgan fingerprint density at radius 1 is 1.00 bits per heavy atom. The van der Waals surface area contributed by atoms with Crippen LogP contribution in [0.25, 0.3) is 0 Å². The molecule has 1 heterocycles. The van der Waals surface area contributed by atoms with Crippen molar-refractivity contribution in [1.82, 2.24) is 4.90 Å². The highest BCUT2D eigenvalue weighted by atomic mass is 32.2. The summed E-state index contributed by atoms with van der Waals surface area (Å²) in [7, 11) is -3.62. The second-order valence-electron chi connectivity index (χ2n) is 7.59. The van der Waals surface area contributed by atoms with Gasteiger partial charge < -0.3 is 10.2 Å². The van der Waals surface area contributed by atoms with Crippen LogP contribution < -0.4 is 10.0 Å². The number of amides is 2. The van der Waals surface area contributed by atoms with Crippen molar-refractivity contribution in [1.29, 1.82) is 0 Å². The third kappa shape index (κ3) is 6.90. The Balaban J connectivity index is 1.60. The van der Waals surface area contributed by atoms with E-state index in [1.807, 2.05) is 38.1 Å². The zero-order valence-electron chi connectivity index (χ0n) is 18.6. The van der Waals surface area contributed by atoms with Crippen LogP contribution in [-0.2, 0) is 26.0 Å². The van der Waals surface area contributed by atoms with Gasteiger partial charge in [0.25, 0.3) is 10.0 Å². The molecule has 0 unspecified atom stereocenters. The van der Waals surface area contributed by atoms with Crippen molar-refractivity contribution < 1.29 is 18.0 Å². The number of thiophene rings is 1. The fraction of sp³-hybridized carbons (Fsp3) is 0.250. The van der Waals surface area contributed by atoms with Crippen molar-refractivity contribution >= 4 is 44.5 Å². The molecule has 2 aromatic carbocycles. The van der Waals surface area contributed by atoms with Crippen LogP contribution in [0.2, 0.25) is 0 Å². The number of anilines is 2. The number of sulfonamides is 1. The van der Waals surface area contributed by atoms with Gasteiger partial charge in [-0.05, 0) is 54.1 Å². The van der Waals surface area contributed by atoms with Crippen LogP contribution in [0.3, 0.4) is 0 Å². The van der Waals surface area contributed by atoms with Crippen molar-refractivity contribution in [2.24, 2.45) is 0 Å². The predicted octanol–water partition coefficient (Wildman–Crippen LogP) is 4.28. The lowest BCUT2D eigenvalue weighted by Gasteiger charge is -2.22. The Morgan fingerprint density at radius 3 is 2.36 bits per heavy atom. The minimum atomic E-state index is -3.62. The number of para-hydroxylation sites is 1. The summed E-state index contributed by atoms with van der Waals surface area (Å²) < 4.78 is 27.5. The van der Waals surface area contributed by atoms with Gasteiger partial charge in [0.2, 0.25) is 11.8 Å². The van der Waals surface area contributed by atoms with Crippen LogP contribution in [-0.4, -0.2) is 38.2 Å². The number of carbonyl (C=O) groups is 2. The largest absolute Gasteiger partial charge is 0.333 e. The van der Waals surface area contributed by atoms with Gasteiger partial charge in [-0.25, -0.2) is 8.42 Å². The Hall–Kier alpha value is -3.17. The number of rotatable bonds is 10. The van der Waals surface area contributed by atoms with E-state index in [2.05, 4.69) is 10.0 Å². The van der Waals surface area contributed by atoms with E-state index in [1.54, 1.807) is 40.6 Å². The summed E-state index contributed by atoms with van der Waals surface area (Å²) >= 11 is 1.14. The molecule has 0 aliphatic heterocycles. The quantitative estimate of drug-likeness (QED) is 0.448. The molecule has 7 nitrogen and oxygen atoms in total. The highest BCUT2D eigenvalue weighted by Crippen LogP contribution is 2.21. The molecule has 2 N–H and O–H groups in total. The summed E-state index contributed by atoms with van der Waals surface area (Å²) in [5.41, 5.74) is 2.84. The van der Waals surface area contributed by atoms with E-state index in [-0.39, 0.29) is 29.0 Å². The van der Waals surface area contributed by atoms with Crippen LogP contribution in [0.1, 0.15) is 24.5 Å². The minimum absolute atomic E-state index is 0.0281. The fourth-order valence-corrected chi connectivity index (χ4v) is 5.29. The molecule has 3 aromatic rings. The molecule has 0 atom stereocenters. The van der Waals surface area contributed by atoms with Gasteiger partial charge in [0.05, 0.1) is 13.0 Å². The van der Waals surface area contributed by atoms with Gasteiger partial charge in [-0.3, -0.25) is 14.3 Å². The third-order valence-electron chi connectivity index (χ3n) is 4.92. The van der Waals surface area contributed by atoms with Crippen LogP contribution >= 0.6 is 11.3 Å². The van der Waals surface area contributed by atoms with E-state index >= 15 is 0 Å². The Bertz CT molecular complexity index is 1190. The molecular weight excluding hydrogens is 458 g/mol. The fourth-order valence-electron chi connectivity index (χ4n) is 3.24. The highest BCUT2D eigenvalue weighted by molar-refractivity contribution is 7.94. The zero-order chi connectivity index (χ0) is 23.8. The maximum Gasteiger partial charge on any atom is 0.271 e. The van der Waals surface area contributed by atoms with E-state index < -0.39 is 10.0 Å². The first-order valence-electron chi connectivity index (χ1n) is 10.6. The molecule has 3 rings (SSSR count). The molecular formula is C24H27N3O4S2. The highest BCUT2D eigenvalue weighted by Gasteiger charge is 2.18. The van der Waals surface area contributed by atoms with E-state index in [0.29, 0.717) is 12.2 Å². The van der Waals surface area contributed by atoms with Gasteiger partial charge in [-0.1, -0.05) is 43.3 Å². The van der Waals surface area contributed by atoms with E-state index in [9.17, 15) is 18.0 Å². The molecule has 2 amide bonds.